The maximum absolute atomic E-state index is 12.5. The largest absolute Gasteiger partial charge is 0.492 e. The number of halogens is 3. The predicted octanol–water partition coefficient (Wildman–Crippen LogP) is 3.76. The molecule has 28 heavy (non-hydrogen) atoms. The molecule has 1 N–H and O–H groups in total. The zero-order chi connectivity index (χ0) is 20.0. The zero-order valence-corrected chi connectivity index (χ0v) is 15.6. The topological polar surface area (TPSA) is 56.8 Å². The SMILES string of the molecule is O=C(CSc1ccc2c(c1)OCCO2)NCCOc1ccc(C(F)(F)F)cc1. The summed E-state index contributed by atoms with van der Waals surface area (Å²) in [5.41, 5.74) is -0.732. The molecule has 2 aromatic carbocycles. The van der Waals surface area contributed by atoms with E-state index < -0.39 is 11.7 Å². The van der Waals surface area contributed by atoms with Crippen molar-refractivity contribution in [1.29, 1.82) is 0 Å². The van der Waals surface area contributed by atoms with Crippen LogP contribution < -0.4 is 19.5 Å². The second-order valence-electron chi connectivity index (χ2n) is 5.81. The highest BCUT2D eigenvalue weighted by atomic mass is 32.2. The molecular weight excluding hydrogens is 395 g/mol. The maximum Gasteiger partial charge on any atom is 0.416 e. The lowest BCUT2D eigenvalue weighted by Gasteiger charge is -2.18. The highest BCUT2D eigenvalue weighted by molar-refractivity contribution is 8.00. The zero-order valence-electron chi connectivity index (χ0n) is 14.8. The number of carbonyl (C=O) groups excluding carboxylic acids is 1. The number of thioether (sulfide) groups is 1. The van der Waals surface area contributed by atoms with Crippen molar-refractivity contribution in [3.63, 3.8) is 0 Å². The molecule has 150 valence electrons. The lowest BCUT2D eigenvalue weighted by atomic mass is 10.2. The van der Waals surface area contributed by atoms with Gasteiger partial charge in [-0.3, -0.25) is 4.79 Å². The first-order valence-electron chi connectivity index (χ1n) is 8.51. The number of ether oxygens (including phenoxy) is 3. The minimum absolute atomic E-state index is 0.159. The van der Waals surface area contributed by atoms with Gasteiger partial charge < -0.3 is 19.5 Å². The molecule has 0 fully saturated rings. The smallest absolute Gasteiger partial charge is 0.416 e. The van der Waals surface area contributed by atoms with Crippen molar-refractivity contribution in [2.75, 3.05) is 32.1 Å². The number of carbonyl (C=O) groups is 1. The van der Waals surface area contributed by atoms with Gasteiger partial charge in [-0.25, -0.2) is 0 Å². The molecule has 0 radical (unpaired) electrons. The Morgan fingerprint density at radius 2 is 1.79 bits per heavy atom. The summed E-state index contributed by atoms with van der Waals surface area (Å²) in [5.74, 6) is 1.73. The van der Waals surface area contributed by atoms with Gasteiger partial charge in [-0.2, -0.15) is 13.2 Å². The molecule has 0 spiro atoms. The Morgan fingerprint density at radius 3 is 2.50 bits per heavy atom. The van der Waals surface area contributed by atoms with Crippen molar-refractivity contribution >= 4 is 17.7 Å². The van der Waals surface area contributed by atoms with Gasteiger partial charge in [0.15, 0.2) is 11.5 Å². The molecule has 0 aromatic heterocycles. The maximum atomic E-state index is 12.5. The molecule has 0 unspecified atom stereocenters. The molecule has 2 aromatic rings. The van der Waals surface area contributed by atoms with Gasteiger partial charge in [-0.05, 0) is 42.5 Å². The fourth-order valence-corrected chi connectivity index (χ4v) is 3.17. The summed E-state index contributed by atoms with van der Waals surface area (Å²) in [5, 5.41) is 2.70. The van der Waals surface area contributed by atoms with Crippen LogP contribution in [0.2, 0.25) is 0 Å². The van der Waals surface area contributed by atoms with Crippen LogP contribution in [0, 0.1) is 0 Å². The van der Waals surface area contributed by atoms with Gasteiger partial charge in [0.1, 0.15) is 25.6 Å². The first-order valence-corrected chi connectivity index (χ1v) is 9.49. The van der Waals surface area contributed by atoms with Crippen molar-refractivity contribution in [2.24, 2.45) is 0 Å². The fraction of sp³-hybridized carbons (Fsp3) is 0.316. The summed E-state index contributed by atoms with van der Waals surface area (Å²) in [6.45, 7) is 1.43. The lowest BCUT2D eigenvalue weighted by Crippen LogP contribution is -2.29. The van der Waals surface area contributed by atoms with E-state index in [0.29, 0.717) is 30.5 Å². The first kappa shape index (κ1) is 20.2. The second kappa shape index (κ2) is 9.09. The number of amides is 1. The van der Waals surface area contributed by atoms with Gasteiger partial charge in [0, 0.05) is 4.90 Å². The molecule has 1 heterocycles. The Balaban J connectivity index is 1.36. The van der Waals surface area contributed by atoms with Gasteiger partial charge in [0.25, 0.3) is 0 Å². The highest BCUT2D eigenvalue weighted by Gasteiger charge is 2.30. The van der Waals surface area contributed by atoms with Crippen molar-refractivity contribution < 1.29 is 32.2 Å². The van der Waals surface area contributed by atoms with E-state index in [1.807, 2.05) is 18.2 Å². The van der Waals surface area contributed by atoms with Crippen LogP contribution in [-0.4, -0.2) is 38.0 Å². The Bertz CT molecular complexity index is 812. The molecule has 0 bridgehead atoms. The molecule has 1 amide bonds. The molecular formula is C19H18F3NO4S. The van der Waals surface area contributed by atoms with Gasteiger partial charge in [-0.1, -0.05) is 0 Å². The summed E-state index contributed by atoms with van der Waals surface area (Å²) >= 11 is 1.36. The minimum Gasteiger partial charge on any atom is -0.492 e. The summed E-state index contributed by atoms with van der Waals surface area (Å²) in [4.78, 5) is 12.8. The van der Waals surface area contributed by atoms with Crippen LogP contribution in [0.1, 0.15) is 5.56 Å². The summed E-state index contributed by atoms with van der Waals surface area (Å²) < 4.78 is 53.7. The number of rotatable bonds is 7. The van der Waals surface area contributed by atoms with E-state index in [0.717, 1.165) is 17.0 Å². The average Bonchev–Trinajstić information content (AvgIpc) is 2.69. The summed E-state index contributed by atoms with van der Waals surface area (Å²) in [6, 6.07) is 9.92. The predicted molar refractivity (Wildman–Crippen MR) is 98.1 cm³/mol. The second-order valence-corrected chi connectivity index (χ2v) is 6.86. The molecule has 9 heteroatoms. The van der Waals surface area contributed by atoms with Crippen LogP contribution in [0.15, 0.2) is 47.4 Å². The molecule has 0 saturated heterocycles. The first-order chi connectivity index (χ1) is 13.4. The minimum atomic E-state index is -4.37. The van der Waals surface area contributed by atoms with Crippen molar-refractivity contribution in [3.8, 4) is 17.2 Å². The molecule has 5 nitrogen and oxygen atoms in total. The Labute approximate surface area is 164 Å². The number of hydrogen-bond acceptors (Lipinski definition) is 5. The summed E-state index contributed by atoms with van der Waals surface area (Å²) in [6.07, 6.45) is -4.37. The van der Waals surface area contributed by atoms with Crippen molar-refractivity contribution in [1.82, 2.24) is 5.32 Å². The van der Waals surface area contributed by atoms with Gasteiger partial charge in [0.2, 0.25) is 5.91 Å². The Morgan fingerprint density at radius 1 is 1.07 bits per heavy atom. The van der Waals surface area contributed by atoms with E-state index in [9.17, 15) is 18.0 Å². The lowest BCUT2D eigenvalue weighted by molar-refractivity contribution is -0.137. The molecule has 3 rings (SSSR count). The number of benzene rings is 2. The van der Waals surface area contributed by atoms with E-state index in [1.54, 1.807) is 0 Å². The fourth-order valence-electron chi connectivity index (χ4n) is 2.41. The normalized spacial score (nSPS) is 13.1. The molecule has 0 saturated carbocycles. The third-order valence-corrected chi connectivity index (χ3v) is 4.75. The number of fused-ring (bicyclic) bond motifs is 1. The van der Waals surface area contributed by atoms with Gasteiger partial charge in [-0.15, -0.1) is 11.8 Å². The van der Waals surface area contributed by atoms with E-state index in [1.165, 1.54) is 23.9 Å². The molecule has 0 atom stereocenters. The van der Waals surface area contributed by atoms with E-state index in [4.69, 9.17) is 14.2 Å². The van der Waals surface area contributed by atoms with Crippen molar-refractivity contribution in [3.05, 3.63) is 48.0 Å². The number of alkyl halides is 3. The molecule has 0 aliphatic carbocycles. The van der Waals surface area contributed by atoms with Crippen LogP contribution >= 0.6 is 11.8 Å². The van der Waals surface area contributed by atoms with Crippen LogP contribution in [0.3, 0.4) is 0 Å². The number of hydrogen-bond donors (Lipinski definition) is 1. The Kier molecular flexibility index (Phi) is 6.56. The van der Waals surface area contributed by atoms with Crippen LogP contribution in [0.25, 0.3) is 0 Å². The average molecular weight is 413 g/mol. The third-order valence-electron chi connectivity index (χ3n) is 3.76. The number of nitrogens with one attached hydrogen (secondary N) is 1. The van der Waals surface area contributed by atoms with E-state index in [-0.39, 0.29) is 24.8 Å². The Hall–Kier alpha value is -2.55. The molecule has 1 aliphatic rings. The molecule has 1 aliphatic heterocycles. The van der Waals surface area contributed by atoms with Crippen LogP contribution in [0.4, 0.5) is 13.2 Å². The third kappa shape index (κ3) is 5.72. The van der Waals surface area contributed by atoms with Gasteiger partial charge in [0.05, 0.1) is 17.9 Å². The monoisotopic (exact) mass is 413 g/mol. The van der Waals surface area contributed by atoms with Gasteiger partial charge >= 0.3 is 6.18 Å². The van der Waals surface area contributed by atoms with Crippen molar-refractivity contribution in [2.45, 2.75) is 11.1 Å². The van der Waals surface area contributed by atoms with E-state index in [2.05, 4.69) is 5.32 Å². The highest BCUT2D eigenvalue weighted by Crippen LogP contribution is 2.34. The van der Waals surface area contributed by atoms with Crippen LogP contribution in [-0.2, 0) is 11.0 Å². The van der Waals surface area contributed by atoms with E-state index >= 15 is 0 Å². The van der Waals surface area contributed by atoms with Crippen LogP contribution in [0.5, 0.6) is 17.2 Å². The standard InChI is InChI=1S/C19H18F3NO4S/c20-19(21,22)13-1-3-14(4-2-13)25-8-7-23-18(24)12-28-15-5-6-16-17(11-15)27-10-9-26-16/h1-6,11H,7-10,12H2,(H,23,24). The summed E-state index contributed by atoms with van der Waals surface area (Å²) in [7, 11) is 0. The quantitative estimate of drug-likeness (QED) is 0.553.